The number of aliphatic hydroxyl groups is 1. The van der Waals surface area contributed by atoms with Gasteiger partial charge in [-0.1, -0.05) is 30.3 Å². The van der Waals surface area contributed by atoms with Crippen LogP contribution >= 0.6 is 0 Å². The summed E-state index contributed by atoms with van der Waals surface area (Å²) < 4.78 is 7.15. The van der Waals surface area contributed by atoms with Crippen LogP contribution in [0.5, 0.6) is 0 Å². The zero-order valence-electron chi connectivity index (χ0n) is 11.0. The molecule has 1 fully saturated rings. The number of hydrogen-bond donors (Lipinski definition) is 1. The van der Waals surface area contributed by atoms with Crippen LogP contribution in [0.3, 0.4) is 0 Å². The number of hydrogen-bond acceptors (Lipinski definition) is 4. The minimum Gasteiger partial charge on any atom is -0.394 e. The number of rotatable bonds is 3. The number of aliphatic hydroxyl groups excluding tert-OH is 1. The van der Waals surface area contributed by atoms with Crippen molar-refractivity contribution in [2.24, 2.45) is 0 Å². The van der Waals surface area contributed by atoms with Gasteiger partial charge in [-0.15, -0.1) is 0 Å². The summed E-state index contributed by atoms with van der Waals surface area (Å²) in [5.74, 6) is 0. The quantitative estimate of drug-likeness (QED) is 0.921. The molecule has 1 aromatic carbocycles. The largest absolute Gasteiger partial charge is 0.394 e. The highest BCUT2D eigenvalue weighted by Crippen LogP contribution is 2.27. The van der Waals surface area contributed by atoms with E-state index in [1.54, 1.807) is 12.4 Å². The third kappa shape index (κ3) is 2.50. The summed E-state index contributed by atoms with van der Waals surface area (Å²) in [4.78, 5) is 15.8. The second-order valence-electron chi connectivity index (χ2n) is 4.87. The molecule has 104 valence electrons. The van der Waals surface area contributed by atoms with E-state index in [-0.39, 0.29) is 24.6 Å². The first-order valence-electron chi connectivity index (χ1n) is 6.68. The van der Waals surface area contributed by atoms with Gasteiger partial charge in [-0.05, 0) is 18.4 Å². The molecule has 2 aromatic rings. The average Bonchev–Trinajstić information content (AvgIpc) is 2.97. The zero-order chi connectivity index (χ0) is 13.9. The molecule has 1 aromatic heterocycles. The molecule has 0 unspecified atom stereocenters. The van der Waals surface area contributed by atoms with E-state index in [9.17, 15) is 4.79 Å². The van der Waals surface area contributed by atoms with Crippen molar-refractivity contribution in [1.29, 1.82) is 0 Å². The maximum absolute atomic E-state index is 11.9. The molecule has 5 nitrogen and oxygen atoms in total. The maximum Gasteiger partial charge on any atom is 0.349 e. The van der Waals surface area contributed by atoms with Gasteiger partial charge in [0.2, 0.25) is 0 Å². The topological polar surface area (TPSA) is 64.4 Å². The molecule has 1 aliphatic heterocycles. The summed E-state index contributed by atoms with van der Waals surface area (Å²) in [6, 6.07) is 9.77. The molecule has 5 heteroatoms. The molecule has 1 saturated heterocycles. The van der Waals surface area contributed by atoms with E-state index in [4.69, 9.17) is 9.84 Å². The van der Waals surface area contributed by atoms with E-state index >= 15 is 0 Å². The van der Waals surface area contributed by atoms with E-state index in [2.05, 4.69) is 4.98 Å². The van der Waals surface area contributed by atoms with Crippen molar-refractivity contribution >= 4 is 0 Å². The lowest BCUT2D eigenvalue weighted by Crippen LogP contribution is -2.27. The molecule has 0 bridgehead atoms. The van der Waals surface area contributed by atoms with E-state index in [0.717, 1.165) is 17.5 Å². The monoisotopic (exact) mass is 272 g/mol. The molecular weight excluding hydrogens is 256 g/mol. The number of benzene rings is 1. The number of aromatic nitrogens is 2. The molecule has 20 heavy (non-hydrogen) atoms. The minimum absolute atomic E-state index is 0.0168. The fourth-order valence-corrected chi connectivity index (χ4v) is 2.44. The zero-order valence-corrected chi connectivity index (χ0v) is 11.0. The van der Waals surface area contributed by atoms with Gasteiger partial charge in [0.15, 0.2) is 0 Å². The van der Waals surface area contributed by atoms with Crippen molar-refractivity contribution in [2.75, 3.05) is 6.61 Å². The number of nitrogens with zero attached hydrogens (tertiary/aromatic N) is 2. The molecule has 0 spiro atoms. The van der Waals surface area contributed by atoms with Crippen molar-refractivity contribution in [3.63, 3.8) is 0 Å². The van der Waals surface area contributed by atoms with Crippen LogP contribution in [0.2, 0.25) is 0 Å². The standard InChI is InChI=1S/C15H16N2O3/c18-10-13-6-7-14(20-13)17-9-12(8-16-15(17)19)11-4-2-1-3-5-11/h1-5,8-9,13-14,18H,6-7,10H2/t13-,14+/m0/s1. The first-order valence-corrected chi connectivity index (χ1v) is 6.68. The molecule has 0 amide bonds. The Labute approximate surface area is 116 Å². The minimum atomic E-state index is -0.337. The van der Waals surface area contributed by atoms with Crippen molar-refractivity contribution < 1.29 is 9.84 Å². The van der Waals surface area contributed by atoms with Crippen LogP contribution in [0, 0.1) is 0 Å². The van der Waals surface area contributed by atoms with E-state index in [1.807, 2.05) is 30.3 Å². The highest BCUT2D eigenvalue weighted by atomic mass is 16.5. The summed E-state index contributed by atoms with van der Waals surface area (Å²) >= 11 is 0. The molecule has 2 atom stereocenters. The van der Waals surface area contributed by atoms with Crippen molar-refractivity contribution in [3.8, 4) is 11.1 Å². The van der Waals surface area contributed by atoms with Crippen LogP contribution in [0.4, 0.5) is 0 Å². The van der Waals surface area contributed by atoms with E-state index < -0.39 is 0 Å². The lowest BCUT2D eigenvalue weighted by atomic mass is 10.1. The summed E-state index contributed by atoms with van der Waals surface area (Å²) in [7, 11) is 0. The van der Waals surface area contributed by atoms with Gasteiger partial charge in [0.05, 0.1) is 12.7 Å². The summed E-state index contributed by atoms with van der Waals surface area (Å²) in [5, 5.41) is 9.10. The Bertz CT molecular complexity index is 639. The highest BCUT2D eigenvalue weighted by Gasteiger charge is 2.26. The molecule has 3 rings (SSSR count). The molecule has 0 aliphatic carbocycles. The van der Waals surface area contributed by atoms with Gasteiger partial charge >= 0.3 is 5.69 Å². The molecular formula is C15H16N2O3. The average molecular weight is 272 g/mol. The predicted octanol–water partition coefficient (Wildman–Crippen LogP) is 1.58. The second-order valence-corrected chi connectivity index (χ2v) is 4.87. The Hall–Kier alpha value is -1.98. The van der Waals surface area contributed by atoms with Gasteiger partial charge in [0, 0.05) is 18.0 Å². The van der Waals surface area contributed by atoms with Crippen molar-refractivity contribution in [2.45, 2.75) is 25.2 Å². The Balaban J connectivity index is 1.94. The van der Waals surface area contributed by atoms with Crippen molar-refractivity contribution in [3.05, 3.63) is 53.2 Å². The second kappa shape index (κ2) is 5.56. The van der Waals surface area contributed by atoms with Gasteiger partial charge < -0.3 is 9.84 Å². The molecule has 2 heterocycles. The maximum atomic E-state index is 11.9. The van der Waals surface area contributed by atoms with E-state index in [0.29, 0.717) is 6.42 Å². The Morgan fingerprint density at radius 3 is 2.75 bits per heavy atom. The predicted molar refractivity (Wildman–Crippen MR) is 74.2 cm³/mol. The normalized spacial score (nSPS) is 22.1. The van der Waals surface area contributed by atoms with Crippen LogP contribution < -0.4 is 5.69 Å². The lowest BCUT2D eigenvalue weighted by molar-refractivity contribution is -0.0245. The SMILES string of the molecule is O=c1ncc(-c2ccccc2)cn1[C@H]1CC[C@@H](CO)O1. The highest BCUT2D eigenvalue weighted by molar-refractivity contribution is 5.60. The van der Waals surface area contributed by atoms with Gasteiger partial charge in [0.1, 0.15) is 6.23 Å². The summed E-state index contributed by atoms with van der Waals surface area (Å²) in [5.41, 5.74) is 1.56. The molecule has 1 N–H and O–H groups in total. The molecule has 1 aliphatic rings. The molecule has 0 radical (unpaired) electrons. The van der Waals surface area contributed by atoms with Gasteiger partial charge in [-0.25, -0.2) is 9.78 Å². The molecule has 0 saturated carbocycles. The Morgan fingerprint density at radius 1 is 1.25 bits per heavy atom. The van der Waals surface area contributed by atoms with Gasteiger partial charge in [-0.2, -0.15) is 0 Å². The third-order valence-corrected chi connectivity index (χ3v) is 3.52. The number of ether oxygens (including phenoxy) is 1. The smallest absolute Gasteiger partial charge is 0.349 e. The van der Waals surface area contributed by atoms with Crippen LogP contribution in [-0.4, -0.2) is 27.4 Å². The first-order chi connectivity index (χ1) is 9.78. The summed E-state index contributed by atoms with van der Waals surface area (Å²) in [6.07, 6.45) is 4.29. The van der Waals surface area contributed by atoms with Crippen LogP contribution in [0.15, 0.2) is 47.5 Å². The Morgan fingerprint density at radius 2 is 2.05 bits per heavy atom. The third-order valence-electron chi connectivity index (χ3n) is 3.52. The van der Waals surface area contributed by atoms with Gasteiger partial charge in [0.25, 0.3) is 0 Å². The van der Waals surface area contributed by atoms with Gasteiger partial charge in [-0.3, -0.25) is 4.57 Å². The first kappa shape index (κ1) is 13.0. The van der Waals surface area contributed by atoms with Crippen LogP contribution in [0.25, 0.3) is 11.1 Å². The lowest BCUT2D eigenvalue weighted by Gasteiger charge is -2.15. The summed E-state index contributed by atoms with van der Waals surface area (Å²) in [6.45, 7) is -0.0168. The fraction of sp³-hybridized carbons (Fsp3) is 0.333. The Kier molecular flexibility index (Phi) is 3.62. The van der Waals surface area contributed by atoms with Crippen LogP contribution in [-0.2, 0) is 4.74 Å². The fourth-order valence-electron chi connectivity index (χ4n) is 2.44. The van der Waals surface area contributed by atoms with Crippen molar-refractivity contribution in [1.82, 2.24) is 9.55 Å². The van der Waals surface area contributed by atoms with E-state index in [1.165, 1.54) is 4.57 Å². The van der Waals surface area contributed by atoms with Crippen LogP contribution in [0.1, 0.15) is 19.1 Å².